The molecule has 0 aromatic heterocycles. The van der Waals surface area contributed by atoms with Gasteiger partial charge >= 0.3 is 0 Å². The fourth-order valence-corrected chi connectivity index (χ4v) is 11.5. The molecule has 37 heavy (non-hydrogen) atoms. The third kappa shape index (κ3) is 5.21. The Balaban J connectivity index is 1.51. The van der Waals surface area contributed by atoms with Gasteiger partial charge in [0.25, 0.3) is 8.32 Å². The van der Waals surface area contributed by atoms with Crippen LogP contribution in [0.4, 0.5) is 0 Å². The Morgan fingerprint density at radius 2 is 1.32 bits per heavy atom. The van der Waals surface area contributed by atoms with Crippen molar-refractivity contribution in [3.05, 3.63) is 96.6 Å². The van der Waals surface area contributed by atoms with E-state index in [1.165, 1.54) is 29.6 Å². The topological polar surface area (TPSA) is 12.5 Å². The first-order chi connectivity index (χ1) is 17.9. The first-order valence-electron chi connectivity index (χ1n) is 14.0. The van der Waals surface area contributed by atoms with Gasteiger partial charge in [0, 0.05) is 17.6 Å². The molecule has 2 saturated heterocycles. The van der Waals surface area contributed by atoms with Crippen LogP contribution in [0.5, 0.6) is 0 Å². The molecule has 3 aromatic carbocycles. The minimum atomic E-state index is -2.59. The highest BCUT2D eigenvalue weighted by molar-refractivity contribution is 6.99. The summed E-state index contributed by atoms with van der Waals surface area (Å²) in [4.78, 5) is 2.73. The zero-order valence-corrected chi connectivity index (χ0v) is 23.9. The highest BCUT2D eigenvalue weighted by Crippen LogP contribution is 2.41. The molecule has 4 atom stereocenters. The second kappa shape index (κ2) is 11.0. The first-order valence-corrected chi connectivity index (χ1v) is 15.9. The molecule has 2 aliphatic rings. The molecular formula is C34H41NOSi. The van der Waals surface area contributed by atoms with Crippen molar-refractivity contribution in [3.8, 4) is 11.8 Å². The number of rotatable bonds is 4. The van der Waals surface area contributed by atoms with E-state index in [1.54, 1.807) is 0 Å². The molecule has 0 saturated carbocycles. The zero-order valence-electron chi connectivity index (χ0n) is 22.9. The summed E-state index contributed by atoms with van der Waals surface area (Å²) < 4.78 is 7.64. The molecule has 0 bridgehead atoms. The van der Waals surface area contributed by atoms with E-state index in [0.717, 1.165) is 18.4 Å². The number of piperidine rings is 2. The molecule has 3 aromatic rings. The molecule has 0 unspecified atom stereocenters. The Hall–Kier alpha value is -2.64. The van der Waals surface area contributed by atoms with Gasteiger partial charge in [0.1, 0.15) is 0 Å². The van der Waals surface area contributed by atoms with Gasteiger partial charge in [-0.05, 0) is 66.6 Å². The fourth-order valence-electron chi connectivity index (χ4n) is 6.71. The molecule has 0 amide bonds. The van der Waals surface area contributed by atoms with Crippen LogP contribution in [-0.4, -0.2) is 37.4 Å². The lowest BCUT2D eigenvalue weighted by Crippen LogP contribution is -2.70. The van der Waals surface area contributed by atoms with Crippen molar-refractivity contribution in [1.82, 2.24) is 4.90 Å². The Bertz CT molecular complexity index is 1170. The maximum absolute atomic E-state index is 7.64. The van der Waals surface area contributed by atoms with Crippen LogP contribution in [-0.2, 0) is 4.43 Å². The molecule has 2 heterocycles. The standard InChI is InChI=1S/C34H41NOSi/c1-27-33(26-25-30-18-14-17-29(35(27)30)24-23-28-15-8-5-9-16-28)36-37(34(2,3)4,31-19-10-6-11-20-31)32-21-12-7-13-22-32/h5-13,15-16,19-22,27,29-30,33H,14,17-18,25-26H2,1-4H3/t27-,29+,30+,33+/m0/s1. The van der Waals surface area contributed by atoms with Crippen LogP contribution < -0.4 is 10.4 Å². The Morgan fingerprint density at radius 1 is 0.757 bits per heavy atom. The van der Waals surface area contributed by atoms with E-state index in [2.05, 4.69) is 135 Å². The molecule has 0 N–H and O–H groups in total. The van der Waals surface area contributed by atoms with E-state index in [-0.39, 0.29) is 11.1 Å². The number of nitrogens with zero attached hydrogens (tertiary/aromatic N) is 1. The van der Waals surface area contributed by atoms with Gasteiger partial charge in [0.15, 0.2) is 0 Å². The summed E-state index contributed by atoms with van der Waals surface area (Å²) >= 11 is 0. The van der Waals surface area contributed by atoms with E-state index in [9.17, 15) is 0 Å². The molecular weight excluding hydrogens is 466 g/mol. The predicted molar refractivity (Wildman–Crippen MR) is 158 cm³/mol. The largest absolute Gasteiger partial charge is 0.403 e. The Morgan fingerprint density at radius 3 is 1.89 bits per heavy atom. The van der Waals surface area contributed by atoms with Crippen molar-refractivity contribution in [1.29, 1.82) is 0 Å². The summed E-state index contributed by atoms with van der Waals surface area (Å²) in [5.74, 6) is 7.16. The van der Waals surface area contributed by atoms with Crippen molar-refractivity contribution in [3.63, 3.8) is 0 Å². The van der Waals surface area contributed by atoms with Crippen LogP contribution >= 0.6 is 0 Å². The fraction of sp³-hybridized carbons (Fsp3) is 0.412. The number of benzene rings is 3. The lowest BCUT2D eigenvalue weighted by Gasteiger charge is -2.53. The molecule has 2 aliphatic heterocycles. The highest BCUT2D eigenvalue weighted by atomic mass is 28.4. The van der Waals surface area contributed by atoms with E-state index in [4.69, 9.17) is 4.43 Å². The summed E-state index contributed by atoms with van der Waals surface area (Å²) in [7, 11) is -2.59. The molecule has 192 valence electrons. The van der Waals surface area contributed by atoms with Crippen LogP contribution in [0.15, 0.2) is 91.0 Å². The molecule has 0 aliphatic carbocycles. The predicted octanol–water partition coefficient (Wildman–Crippen LogP) is 6.39. The Labute approximate surface area is 225 Å². The second-order valence-corrected chi connectivity index (χ2v) is 16.1. The van der Waals surface area contributed by atoms with Crippen LogP contribution in [0.1, 0.15) is 65.4 Å². The van der Waals surface area contributed by atoms with Gasteiger partial charge in [-0.25, -0.2) is 0 Å². The molecule has 2 fully saturated rings. The van der Waals surface area contributed by atoms with Gasteiger partial charge in [-0.15, -0.1) is 0 Å². The normalized spacial score (nSPS) is 24.5. The minimum Gasteiger partial charge on any atom is -0.403 e. The third-order valence-electron chi connectivity index (χ3n) is 8.49. The van der Waals surface area contributed by atoms with Crippen LogP contribution in [0.25, 0.3) is 0 Å². The quantitative estimate of drug-likeness (QED) is 0.300. The van der Waals surface area contributed by atoms with Gasteiger partial charge in [0.05, 0.1) is 12.1 Å². The van der Waals surface area contributed by atoms with Gasteiger partial charge < -0.3 is 4.43 Å². The summed E-state index contributed by atoms with van der Waals surface area (Å²) in [6.07, 6.45) is 6.18. The summed E-state index contributed by atoms with van der Waals surface area (Å²) in [5.41, 5.74) is 1.11. The maximum Gasteiger partial charge on any atom is 0.261 e. The van der Waals surface area contributed by atoms with Crippen molar-refractivity contribution in [2.24, 2.45) is 0 Å². The molecule has 3 heteroatoms. The van der Waals surface area contributed by atoms with Gasteiger partial charge in [-0.1, -0.05) is 111 Å². The lowest BCUT2D eigenvalue weighted by molar-refractivity contribution is -0.0370. The van der Waals surface area contributed by atoms with Crippen molar-refractivity contribution >= 4 is 18.7 Å². The van der Waals surface area contributed by atoms with E-state index >= 15 is 0 Å². The average Bonchev–Trinajstić information content (AvgIpc) is 2.92. The van der Waals surface area contributed by atoms with Crippen LogP contribution in [0.3, 0.4) is 0 Å². The molecule has 0 spiro atoms. The van der Waals surface area contributed by atoms with E-state index < -0.39 is 8.32 Å². The monoisotopic (exact) mass is 507 g/mol. The Kier molecular flexibility index (Phi) is 7.72. The van der Waals surface area contributed by atoms with E-state index in [0.29, 0.717) is 18.1 Å². The molecule has 0 radical (unpaired) electrons. The average molecular weight is 508 g/mol. The van der Waals surface area contributed by atoms with Gasteiger partial charge in [-0.3, -0.25) is 4.90 Å². The lowest BCUT2D eigenvalue weighted by atomic mass is 9.84. The van der Waals surface area contributed by atoms with Crippen molar-refractivity contribution in [2.45, 2.75) is 89.1 Å². The third-order valence-corrected chi connectivity index (χ3v) is 13.6. The zero-order chi connectivity index (χ0) is 25.9. The summed E-state index contributed by atoms with van der Waals surface area (Å²) in [6, 6.07) is 33.8. The molecule has 5 rings (SSSR count). The summed E-state index contributed by atoms with van der Waals surface area (Å²) in [5, 5.41) is 2.71. The first kappa shape index (κ1) is 26.0. The van der Waals surface area contributed by atoms with Crippen LogP contribution in [0, 0.1) is 11.8 Å². The SMILES string of the molecule is C[C@H]1[C@H](O[Si](c2ccccc2)(c2ccccc2)C(C)(C)C)CC[C@H]2CCC[C@H](C#Cc3ccccc3)N21. The second-order valence-electron chi connectivity index (χ2n) is 11.8. The number of fused-ring (bicyclic) bond motifs is 1. The maximum atomic E-state index is 7.64. The number of hydrogen-bond donors (Lipinski definition) is 0. The van der Waals surface area contributed by atoms with E-state index in [1.807, 2.05) is 0 Å². The van der Waals surface area contributed by atoms with Crippen molar-refractivity contribution < 1.29 is 4.43 Å². The summed E-state index contributed by atoms with van der Waals surface area (Å²) in [6.45, 7) is 9.54. The minimum absolute atomic E-state index is 0.0132. The van der Waals surface area contributed by atoms with Crippen molar-refractivity contribution in [2.75, 3.05) is 0 Å². The molecule has 2 nitrogen and oxygen atoms in total. The van der Waals surface area contributed by atoms with Crippen LogP contribution in [0.2, 0.25) is 5.04 Å². The highest BCUT2D eigenvalue weighted by Gasteiger charge is 2.53. The van der Waals surface area contributed by atoms with Gasteiger partial charge in [-0.2, -0.15) is 0 Å². The number of hydrogen-bond acceptors (Lipinski definition) is 2. The smallest absolute Gasteiger partial charge is 0.261 e. The van der Waals surface area contributed by atoms with Gasteiger partial charge in [0.2, 0.25) is 0 Å².